The molecular formula is C15H12FN3. The molecule has 0 unspecified atom stereocenters. The number of hydrogen-bond acceptors (Lipinski definition) is 2. The second-order valence-electron chi connectivity index (χ2n) is 4.29. The van der Waals surface area contributed by atoms with Crippen LogP contribution in [0.3, 0.4) is 0 Å². The summed E-state index contributed by atoms with van der Waals surface area (Å²) in [5, 5.41) is 4.47. The number of nitrogens with zero attached hydrogens (tertiary/aromatic N) is 3. The standard InChI is InChI=1S/C15H12FN3/c1-11-10-12(16)5-6-15(11)19-9-7-14(18-19)13-4-2-3-8-17-13/h2-10H,1H3. The molecule has 0 saturated carbocycles. The SMILES string of the molecule is Cc1cc(F)ccc1-n1ccc(-c2ccccn2)n1. The number of aryl methyl sites for hydroxylation is 1. The maximum absolute atomic E-state index is 13.1. The molecule has 2 heterocycles. The highest BCUT2D eigenvalue weighted by atomic mass is 19.1. The molecule has 0 aliphatic carbocycles. The Bertz CT molecular complexity index is 704. The van der Waals surface area contributed by atoms with Crippen LogP contribution in [0.4, 0.5) is 4.39 Å². The maximum atomic E-state index is 13.1. The van der Waals surface area contributed by atoms with E-state index in [1.165, 1.54) is 12.1 Å². The largest absolute Gasteiger partial charge is 0.255 e. The zero-order valence-electron chi connectivity index (χ0n) is 10.4. The van der Waals surface area contributed by atoms with Gasteiger partial charge in [-0.15, -0.1) is 0 Å². The van der Waals surface area contributed by atoms with Crippen LogP contribution in [0.5, 0.6) is 0 Å². The first kappa shape index (κ1) is 11.6. The van der Waals surface area contributed by atoms with Crippen molar-refractivity contribution >= 4 is 0 Å². The quantitative estimate of drug-likeness (QED) is 0.701. The minimum Gasteiger partial charge on any atom is -0.255 e. The van der Waals surface area contributed by atoms with E-state index in [2.05, 4.69) is 10.1 Å². The smallest absolute Gasteiger partial charge is 0.123 e. The van der Waals surface area contributed by atoms with E-state index in [0.29, 0.717) is 0 Å². The minimum absolute atomic E-state index is 0.238. The van der Waals surface area contributed by atoms with Gasteiger partial charge >= 0.3 is 0 Å². The van der Waals surface area contributed by atoms with Crippen LogP contribution in [0.25, 0.3) is 17.1 Å². The zero-order chi connectivity index (χ0) is 13.2. The molecule has 3 aromatic rings. The fourth-order valence-electron chi connectivity index (χ4n) is 1.98. The third-order valence-corrected chi connectivity index (χ3v) is 2.92. The van der Waals surface area contributed by atoms with E-state index in [-0.39, 0.29) is 5.82 Å². The fourth-order valence-corrected chi connectivity index (χ4v) is 1.98. The third kappa shape index (κ3) is 2.25. The number of pyridine rings is 1. The maximum Gasteiger partial charge on any atom is 0.123 e. The summed E-state index contributed by atoms with van der Waals surface area (Å²) in [5.74, 6) is -0.238. The van der Waals surface area contributed by atoms with Crippen molar-refractivity contribution in [1.29, 1.82) is 0 Å². The molecule has 0 aliphatic rings. The van der Waals surface area contributed by atoms with E-state index in [1.807, 2.05) is 37.4 Å². The fraction of sp³-hybridized carbons (Fsp3) is 0.0667. The number of aromatic nitrogens is 3. The van der Waals surface area contributed by atoms with Gasteiger partial charge in [0.05, 0.1) is 11.4 Å². The zero-order valence-corrected chi connectivity index (χ0v) is 10.4. The van der Waals surface area contributed by atoms with Crippen molar-refractivity contribution in [2.45, 2.75) is 6.92 Å². The molecule has 0 aliphatic heterocycles. The van der Waals surface area contributed by atoms with Gasteiger partial charge in [0.15, 0.2) is 0 Å². The minimum atomic E-state index is -0.238. The van der Waals surface area contributed by atoms with Crippen LogP contribution in [0.2, 0.25) is 0 Å². The first-order valence-corrected chi connectivity index (χ1v) is 5.97. The van der Waals surface area contributed by atoms with Crippen molar-refractivity contribution in [3.05, 3.63) is 66.2 Å². The Morgan fingerprint density at radius 3 is 2.68 bits per heavy atom. The monoisotopic (exact) mass is 253 g/mol. The van der Waals surface area contributed by atoms with Gasteiger partial charge in [-0.2, -0.15) is 5.10 Å². The second kappa shape index (κ2) is 4.65. The average molecular weight is 253 g/mol. The lowest BCUT2D eigenvalue weighted by atomic mass is 10.2. The van der Waals surface area contributed by atoms with Crippen LogP contribution >= 0.6 is 0 Å². The molecule has 3 nitrogen and oxygen atoms in total. The van der Waals surface area contributed by atoms with Gasteiger partial charge in [-0.05, 0) is 48.9 Å². The molecule has 19 heavy (non-hydrogen) atoms. The first-order valence-electron chi connectivity index (χ1n) is 5.97. The van der Waals surface area contributed by atoms with Gasteiger partial charge in [-0.25, -0.2) is 9.07 Å². The van der Waals surface area contributed by atoms with Crippen LogP contribution in [0.15, 0.2) is 54.9 Å². The van der Waals surface area contributed by atoms with Gasteiger partial charge in [-0.1, -0.05) is 6.07 Å². The van der Waals surface area contributed by atoms with Crippen LogP contribution in [0.1, 0.15) is 5.56 Å². The van der Waals surface area contributed by atoms with E-state index in [4.69, 9.17) is 0 Å². The summed E-state index contributed by atoms with van der Waals surface area (Å²) in [4.78, 5) is 4.26. The van der Waals surface area contributed by atoms with Crippen molar-refractivity contribution in [3.63, 3.8) is 0 Å². The molecule has 4 heteroatoms. The van der Waals surface area contributed by atoms with E-state index < -0.39 is 0 Å². The molecule has 0 bridgehead atoms. The lowest BCUT2D eigenvalue weighted by Gasteiger charge is -2.05. The molecule has 0 radical (unpaired) electrons. The topological polar surface area (TPSA) is 30.7 Å². The lowest BCUT2D eigenvalue weighted by Crippen LogP contribution is -1.98. The molecule has 0 amide bonds. The van der Waals surface area contributed by atoms with Crippen LogP contribution in [-0.4, -0.2) is 14.8 Å². The van der Waals surface area contributed by atoms with Gasteiger partial charge in [0.1, 0.15) is 11.5 Å². The number of rotatable bonds is 2. The van der Waals surface area contributed by atoms with Crippen molar-refractivity contribution in [3.8, 4) is 17.1 Å². The van der Waals surface area contributed by atoms with Crippen LogP contribution in [0, 0.1) is 12.7 Å². The van der Waals surface area contributed by atoms with E-state index in [0.717, 1.165) is 22.6 Å². The molecule has 0 N–H and O–H groups in total. The molecular weight excluding hydrogens is 241 g/mol. The summed E-state index contributed by atoms with van der Waals surface area (Å²) in [7, 11) is 0. The van der Waals surface area contributed by atoms with Crippen molar-refractivity contribution < 1.29 is 4.39 Å². The summed E-state index contributed by atoms with van der Waals surface area (Å²) >= 11 is 0. The Labute approximate surface area is 110 Å². The normalized spacial score (nSPS) is 10.6. The Kier molecular flexibility index (Phi) is 2.83. The van der Waals surface area contributed by atoms with Crippen molar-refractivity contribution in [2.75, 3.05) is 0 Å². The van der Waals surface area contributed by atoms with Crippen LogP contribution in [-0.2, 0) is 0 Å². The van der Waals surface area contributed by atoms with Gasteiger partial charge in [0, 0.05) is 12.4 Å². The summed E-state index contributed by atoms with van der Waals surface area (Å²) in [5.41, 5.74) is 3.32. The molecule has 0 atom stereocenters. The predicted octanol–water partition coefficient (Wildman–Crippen LogP) is 3.38. The van der Waals surface area contributed by atoms with Crippen molar-refractivity contribution in [2.24, 2.45) is 0 Å². The van der Waals surface area contributed by atoms with Crippen molar-refractivity contribution in [1.82, 2.24) is 14.8 Å². The van der Waals surface area contributed by atoms with E-state index >= 15 is 0 Å². The molecule has 3 rings (SSSR count). The highest BCUT2D eigenvalue weighted by molar-refractivity contribution is 5.54. The Hall–Kier alpha value is -2.49. The Morgan fingerprint density at radius 2 is 1.95 bits per heavy atom. The molecule has 0 fully saturated rings. The molecule has 2 aromatic heterocycles. The number of halogens is 1. The molecule has 0 spiro atoms. The molecule has 0 saturated heterocycles. The number of hydrogen-bond donors (Lipinski definition) is 0. The van der Waals surface area contributed by atoms with E-state index in [9.17, 15) is 4.39 Å². The summed E-state index contributed by atoms with van der Waals surface area (Å²) in [6.45, 7) is 1.86. The summed E-state index contributed by atoms with van der Waals surface area (Å²) in [6, 6.07) is 12.2. The van der Waals surface area contributed by atoms with Gasteiger partial charge in [0.2, 0.25) is 0 Å². The molecule has 94 valence electrons. The first-order chi connectivity index (χ1) is 9.24. The number of benzene rings is 1. The van der Waals surface area contributed by atoms with E-state index in [1.54, 1.807) is 16.9 Å². The highest BCUT2D eigenvalue weighted by Crippen LogP contribution is 2.18. The second-order valence-corrected chi connectivity index (χ2v) is 4.29. The van der Waals surface area contributed by atoms with Gasteiger partial charge < -0.3 is 0 Å². The van der Waals surface area contributed by atoms with Crippen LogP contribution < -0.4 is 0 Å². The lowest BCUT2D eigenvalue weighted by molar-refractivity contribution is 0.625. The summed E-state index contributed by atoms with van der Waals surface area (Å²) < 4.78 is 14.8. The van der Waals surface area contributed by atoms with Gasteiger partial charge in [-0.3, -0.25) is 4.98 Å². The Balaban J connectivity index is 2.02. The Morgan fingerprint density at radius 1 is 1.05 bits per heavy atom. The highest BCUT2D eigenvalue weighted by Gasteiger charge is 2.07. The summed E-state index contributed by atoms with van der Waals surface area (Å²) in [6.07, 6.45) is 3.59. The average Bonchev–Trinajstić information content (AvgIpc) is 2.89. The van der Waals surface area contributed by atoms with Gasteiger partial charge in [0.25, 0.3) is 0 Å². The predicted molar refractivity (Wildman–Crippen MR) is 71.5 cm³/mol. The third-order valence-electron chi connectivity index (χ3n) is 2.92. The molecule has 1 aromatic carbocycles.